The van der Waals surface area contributed by atoms with Crippen molar-refractivity contribution in [3.63, 3.8) is 0 Å². The second-order valence-corrected chi connectivity index (χ2v) is 6.83. The predicted octanol–water partition coefficient (Wildman–Crippen LogP) is 3.16. The number of hydrogen-bond acceptors (Lipinski definition) is 5. The number of benzene rings is 2. The van der Waals surface area contributed by atoms with Crippen LogP contribution in [0.15, 0.2) is 53.3 Å². The van der Waals surface area contributed by atoms with Crippen molar-refractivity contribution >= 4 is 22.4 Å². The molecule has 0 fully saturated rings. The van der Waals surface area contributed by atoms with Gasteiger partial charge in [0.25, 0.3) is 17.2 Å². The van der Waals surface area contributed by atoms with Crippen molar-refractivity contribution in [2.75, 3.05) is 7.05 Å². The van der Waals surface area contributed by atoms with Crippen LogP contribution in [0.4, 0.5) is 5.69 Å². The van der Waals surface area contributed by atoms with Crippen LogP contribution in [0.2, 0.25) is 0 Å². The summed E-state index contributed by atoms with van der Waals surface area (Å²) < 4.78 is 1.30. The number of fused-ring (bicyclic) bond motifs is 1. The number of nitrogens with zero attached hydrogens (tertiary/aromatic N) is 4. The minimum absolute atomic E-state index is 0.0321. The van der Waals surface area contributed by atoms with Gasteiger partial charge in [-0.2, -0.15) is 5.10 Å². The van der Waals surface area contributed by atoms with Crippen molar-refractivity contribution in [3.8, 4) is 0 Å². The number of amides is 1. The zero-order valence-corrected chi connectivity index (χ0v) is 15.8. The van der Waals surface area contributed by atoms with Crippen molar-refractivity contribution in [1.29, 1.82) is 0 Å². The van der Waals surface area contributed by atoms with Crippen molar-refractivity contribution in [1.82, 2.24) is 14.7 Å². The Bertz CT molecular complexity index is 1120. The van der Waals surface area contributed by atoms with Crippen LogP contribution >= 0.6 is 0 Å². The van der Waals surface area contributed by atoms with Gasteiger partial charge in [-0.25, -0.2) is 4.68 Å². The number of aromatic nitrogens is 2. The lowest BCUT2D eigenvalue weighted by atomic mass is 10.1. The highest BCUT2D eigenvalue weighted by Crippen LogP contribution is 2.19. The van der Waals surface area contributed by atoms with Crippen molar-refractivity contribution in [2.24, 2.45) is 0 Å². The van der Waals surface area contributed by atoms with E-state index < -0.39 is 4.92 Å². The number of non-ortho nitro benzene ring substituents is 1. The van der Waals surface area contributed by atoms with E-state index in [9.17, 15) is 19.7 Å². The van der Waals surface area contributed by atoms with E-state index >= 15 is 0 Å². The fraction of sp³-hybridized carbons (Fsp3) is 0.250. The summed E-state index contributed by atoms with van der Waals surface area (Å²) in [5, 5.41) is 16.2. The van der Waals surface area contributed by atoms with E-state index in [1.807, 2.05) is 13.8 Å². The van der Waals surface area contributed by atoms with Gasteiger partial charge in [-0.15, -0.1) is 0 Å². The molecule has 28 heavy (non-hydrogen) atoms. The molecule has 0 unspecified atom stereocenters. The lowest BCUT2D eigenvalue weighted by molar-refractivity contribution is -0.384. The summed E-state index contributed by atoms with van der Waals surface area (Å²) in [5.41, 5.74) is 0.530. The smallest absolute Gasteiger partial charge is 0.274 e. The minimum atomic E-state index is -0.473. The molecule has 8 nitrogen and oxygen atoms in total. The van der Waals surface area contributed by atoms with E-state index in [0.717, 1.165) is 0 Å². The molecule has 1 aromatic heterocycles. The maximum Gasteiger partial charge on any atom is 0.274 e. The standard InChI is InChI=1S/C20H20N4O4/c1-13(2)23-19(25)17-10-5-4-9-16(17)18(21-23)20(26)22(3)12-14-7-6-8-15(11-14)24(27)28/h4-11,13H,12H2,1-3H3. The molecule has 8 heteroatoms. The Morgan fingerprint density at radius 1 is 1.18 bits per heavy atom. The predicted molar refractivity (Wildman–Crippen MR) is 105 cm³/mol. The fourth-order valence-electron chi connectivity index (χ4n) is 3.01. The molecule has 1 heterocycles. The normalized spacial score (nSPS) is 11.0. The summed E-state index contributed by atoms with van der Waals surface area (Å²) in [6, 6.07) is 12.8. The number of carbonyl (C=O) groups excluding carboxylic acids is 1. The maximum absolute atomic E-state index is 13.1. The molecular weight excluding hydrogens is 360 g/mol. The Morgan fingerprint density at radius 3 is 2.50 bits per heavy atom. The molecule has 0 N–H and O–H groups in total. The lowest BCUT2D eigenvalue weighted by Gasteiger charge is -2.19. The fourth-order valence-corrected chi connectivity index (χ4v) is 3.01. The van der Waals surface area contributed by atoms with E-state index in [0.29, 0.717) is 16.3 Å². The third-order valence-corrected chi connectivity index (χ3v) is 4.41. The van der Waals surface area contributed by atoms with Gasteiger partial charge >= 0.3 is 0 Å². The van der Waals surface area contributed by atoms with E-state index in [1.54, 1.807) is 43.4 Å². The summed E-state index contributed by atoms with van der Waals surface area (Å²) in [6.07, 6.45) is 0. The summed E-state index contributed by atoms with van der Waals surface area (Å²) in [5.74, 6) is -0.364. The highest BCUT2D eigenvalue weighted by Gasteiger charge is 2.21. The molecule has 0 aliphatic heterocycles. The summed E-state index contributed by atoms with van der Waals surface area (Å²) >= 11 is 0. The molecule has 144 valence electrons. The summed E-state index contributed by atoms with van der Waals surface area (Å²) in [4.78, 5) is 37.6. The molecular formula is C20H20N4O4. The molecule has 0 spiro atoms. The first-order valence-corrected chi connectivity index (χ1v) is 8.80. The minimum Gasteiger partial charge on any atom is -0.336 e. The van der Waals surface area contributed by atoms with Crippen LogP contribution in [0.5, 0.6) is 0 Å². The quantitative estimate of drug-likeness (QED) is 0.500. The van der Waals surface area contributed by atoms with Crippen LogP contribution in [0.25, 0.3) is 10.8 Å². The average molecular weight is 380 g/mol. The number of nitro benzene ring substituents is 1. The molecule has 2 aromatic carbocycles. The highest BCUT2D eigenvalue weighted by atomic mass is 16.6. The number of hydrogen-bond donors (Lipinski definition) is 0. The van der Waals surface area contributed by atoms with Gasteiger partial charge in [-0.3, -0.25) is 19.7 Å². The Labute approximate surface area is 161 Å². The third kappa shape index (κ3) is 3.62. The van der Waals surface area contributed by atoms with Gasteiger partial charge in [0, 0.05) is 31.1 Å². The molecule has 0 aliphatic carbocycles. The molecule has 0 saturated carbocycles. The van der Waals surface area contributed by atoms with Gasteiger partial charge in [0.2, 0.25) is 0 Å². The molecule has 1 amide bonds. The molecule has 0 saturated heterocycles. The Kier molecular flexibility index (Phi) is 5.21. The van der Waals surface area contributed by atoms with Crippen LogP contribution < -0.4 is 5.56 Å². The zero-order chi connectivity index (χ0) is 20.4. The van der Waals surface area contributed by atoms with E-state index in [2.05, 4.69) is 5.10 Å². The van der Waals surface area contributed by atoms with Crippen LogP contribution in [-0.2, 0) is 6.54 Å². The molecule has 3 aromatic rings. The van der Waals surface area contributed by atoms with E-state index in [1.165, 1.54) is 21.7 Å². The second-order valence-electron chi connectivity index (χ2n) is 6.83. The highest BCUT2D eigenvalue weighted by molar-refractivity contribution is 6.04. The molecule has 0 aliphatic rings. The summed E-state index contributed by atoms with van der Waals surface area (Å²) in [6.45, 7) is 3.83. The first-order valence-electron chi connectivity index (χ1n) is 8.80. The molecule has 0 radical (unpaired) electrons. The zero-order valence-electron chi connectivity index (χ0n) is 15.8. The molecule has 0 bridgehead atoms. The second kappa shape index (κ2) is 7.59. The van der Waals surface area contributed by atoms with Crippen LogP contribution in [0.3, 0.4) is 0 Å². The number of carbonyl (C=O) groups is 1. The Balaban J connectivity index is 2.01. The van der Waals surface area contributed by atoms with Crippen molar-refractivity contribution in [2.45, 2.75) is 26.4 Å². The van der Waals surface area contributed by atoms with Crippen LogP contribution in [0.1, 0.15) is 35.9 Å². The average Bonchev–Trinajstić information content (AvgIpc) is 2.68. The van der Waals surface area contributed by atoms with Gasteiger partial charge < -0.3 is 4.90 Å². The van der Waals surface area contributed by atoms with E-state index in [4.69, 9.17) is 0 Å². The van der Waals surface area contributed by atoms with Gasteiger partial charge in [0.05, 0.1) is 16.4 Å². The molecule has 0 atom stereocenters. The SMILES string of the molecule is CC(C)n1nc(C(=O)N(C)Cc2cccc([N+](=O)[O-])c2)c2ccccc2c1=O. The summed E-state index contributed by atoms with van der Waals surface area (Å²) in [7, 11) is 1.60. The van der Waals surface area contributed by atoms with Crippen molar-refractivity contribution in [3.05, 3.63) is 80.3 Å². The van der Waals surface area contributed by atoms with Crippen LogP contribution in [0, 0.1) is 10.1 Å². The Hall–Kier alpha value is -3.55. The third-order valence-electron chi connectivity index (χ3n) is 4.41. The van der Waals surface area contributed by atoms with Gasteiger partial charge in [0.15, 0.2) is 5.69 Å². The topological polar surface area (TPSA) is 98.3 Å². The van der Waals surface area contributed by atoms with Gasteiger partial charge in [-0.05, 0) is 25.5 Å². The number of rotatable bonds is 5. The Morgan fingerprint density at radius 2 is 1.86 bits per heavy atom. The first-order chi connectivity index (χ1) is 13.3. The van der Waals surface area contributed by atoms with Gasteiger partial charge in [-0.1, -0.05) is 30.3 Å². The van der Waals surface area contributed by atoms with Gasteiger partial charge in [0.1, 0.15) is 0 Å². The largest absolute Gasteiger partial charge is 0.336 e. The maximum atomic E-state index is 13.1. The van der Waals surface area contributed by atoms with Crippen molar-refractivity contribution < 1.29 is 9.72 Å². The van der Waals surface area contributed by atoms with E-state index in [-0.39, 0.29) is 35.4 Å². The lowest BCUT2D eigenvalue weighted by Crippen LogP contribution is -2.32. The van der Waals surface area contributed by atoms with Crippen LogP contribution in [-0.4, -0.2) is 32.6 Å². The monoisotopic (exact) mass is 380 g/mol. The molecule has 3 rings (SSSR count). The first kappa shape index (κ1) is 19.2. The number of nitro groups is 1.